The first-order valence-electron chi connectivity index (χ1n) is 6.16. The summed E-state index contributed by atoms with van der Waals surface area (Å²) in [5.41, 5.74) is 2.01. The van der Waals surface area contributed by atoms with Crippen LogP contribution < -0.4 is 5.32 Å². The van der Waals surface area contributed by atoms with Gasteiger partial charge in [0, 0.05) is 23.7 Å². The monoisotopic (exact) mass is 267 g/mol. The maximum Gasteiger partial charge on any atom is 0.0928 e. The molecular formula is C14H18ClNO2. The van der Waals surface area contributed by atoms with Crippen molar-refractivity contribution in [3.8, 4) is 0 Å². The molecule has 0 amide bonds. The highest BCUT2D eigenvalue weighted by Gasteiger charge is 2.11. The Morgan fingerprint density at radius 3 is 2.94 bits per heavy atom. The zero-order valence-electron chi connectivity index (χ0n) is 10.2. The van der Waals surface area contributed by atoms with Gasteiger partial charge >= 0.3 is 0 Å². The van der Waals surface area contributed by atoms with Gasteiger partial charge in [-0.15, -0.1) is 0 Å². The maximum atomic E-state index is 10.0. The van der Waals surface area contributed by atoms with Gasteiger partial charge in [-0.05, 0) is 18.1 Å². The highest BCUT2D eigenvalue weighted by Crippen LogP contribution is 2.21. The number of rotatable bonds is 5. The van der Waals surface area contributed by atoms with Gasteiger partial charge < -0.3 is 15.2 Å². The Morgan fingerprint density at radius 1 is 1.39 bits per heavy atom. The highest BCUT2D eigenvalue weighted by atomic mass is 35.5. The van der Waals surface area contributed by atoms with Crippen molar-refractivity contribution in [2.45, 2.75) is 12.5 Å². The molecule has 2 N–H and O–H groups in total. The Kier molecular flexibility index (Phi) is 5.20. The number of ether oxygens (including phenoxy) is 1. The Morgan fingerprint density at radius 2 is 2.22 bits per heavy atom. The summed E-state index contributed by atoms with van der Waals surface area (Å²) < 4.78 is 5.35. The molecule has 98 valence electrons. The van der Waals surface area contributed by atoms with Gasteiger partial charge in [-0.1, -0.05) is 35.9 Å². The first-order valence-corrected chi connectivity index (χ1v) is 6.54. The molecule has 4 heteroatoms. The summed E-state index contributed by atoms with van der Waals surface area (Å²) in [5, 5.41) is 13.9. The second kappa shape index (κ2) is 6.90. The molecule has 1 aliphatic rings. The van der Waals surface area contributed by atoms with Crippen LogP contribution in [-0.4, -0.2) is 31.4 Å². The van der Waals surface area contributed by atoms with Gasteiger partial charge in [0.2, 0.25) is 0 Å². The molecule has 1 atom stereocenters. The first kappa shape index (κ1) is 13.6. The third kappa shape index (κ3) is 3.82. The topological polar surface area (TPSA) is 41.5 Å². The summed E-state index contributed by atoms with van der Waals surface area (Å²) in [7, 11) is 0. The molecule has 1 aromatic carbocycles. The zero-order valence-corrected chi connectivity index (χ0v) is 11.0. The van der Waals surface area contributed by atoms with Crippen LogP contribution in [0, 0.1) is 0 Å². The van der Waals surface area contributed by atoms with Gasteiger partial charge in [0.25, 0.3) is 0 Å². The van der Waals surface area contributed by atoms with Gasteiger partial charge in [-0.3, -0.25) is 0 Å². The Hall–Kier alpha value is -0.870. The van der Waals surface area contributed by atoms with E-state index in [1.54, 1.807) is 6.07 Å². The van der Waals surface area contributed by atoms with E-state index in [1.165, 1.54) is 5.57 Å². The van der Waals surface area contributed by atoms with Crippen LogP contribution in [-0.2, 0) is 4.74 Å². The van der Waals surface area contributed by atoms with E-state index in [2.05, 4.69) is 11.4 Å². The van der Waals surface area contributed by atoms with Crippen LogP contribution in [0.3, 0.4) is 0 Å². The fourth-order valence-corrected chi connectivity index (χ4v) is 2.22. The summed E-state index contributed by atoms with van der Waals surface area (Å²) in [6.45, 7) is 2.74. The maximum absolute atomic E-state index is 10.0. The molecule has 0 spiro atoms. The summed E-state index contributed by atoms with van der Waals surface area (Å²) in [4.78, 5) is 0. The smallest absolute Gasteiger partial charge is 0.0928 e. The number of hydrogen-bond acceptors (Lipinski definition) is 3. The van der Waals surface area contributed by atoms with Crippen molar-refractivity contribution in [3.05, 3.63) is 46.5 Å². The first-order chi connectivity index (χ1) is 8.77. The minimum atomic E-state index is -0.580. The number of hydrogen-bond donors (Lipinski definition) is 2. The number of aliphatic hydroxyl groups excluding tert-OH is 1. The highest BCUT2D eigenvalue weighted by molar-refractivity contribution is 6.31. The molecule has 1 unspecified atom stereocenters. The van der Waals surface area contributed by atoms with Crippen molar-refractivity contribution in [3.63, 3.8) is 0 Å². The van der Waals surface area contributed by atoms with Crippen LogP contribution in [0.5, 0.6) is 0 Å². The lowest BCUT2D eigenvalue weighted by molar-refractivity contribution is 0.146. The summed E-state index contributed by atoms with van der Waals surface area (Å²) in [6.07, 6.45) is 2.59. The molecule has 1 heterocycles. The number of aliphatic hydroxyl groups is 1. The van der Waals surface area contributed by atoms with Gasteiger partial charge in [0.05, 0.1) is 19.3 Å². The molecule has 0 aliphatic carbocycles. The minimum absolute atomic E-state index is 0.487. The molecule has 2 rings (SSSR count). The quantitative estimate of drug-likeness (QED) is 0.805. The van der Waals surface area contributed by atoms with Crippen LogP contribution in [0.2, 0.25) is 5.02 Å². The van der Waals surface area contributed by atoms with E-state index < -0.39 is 6.10 Å². The van der Waals surface area contributed by atoms with E-state index >= 15 is 0 Å². The third-order valence-corrected chi connectivity index (χ3v) is 3.28. The molecular weight excluding hydrogens is 250 g/mol. The van der Waals surface area contributed by atoms with Crippen LogP contribution in [0.4, 0.5) is 0 Å². The molecule has 0 saturated heterocycles. The van der Waals surface area contributed by atoms with E-state index in [0.29, 0.717) is 18.2 Å². The number of nitrogens with one attached hydrogen (secondary N) is 1. The molecule has 0 bridgehead atoms. The molecule has 0 aromatic heterocycles. The molecule has 0 saturated carbocycles. The summed E-state index contributed by atoms with van der Waals surface area (Å²) in [6, 6.07) is 7.37. The average molecular weight is 268 g/mol. The van der Waals surface area contributed by atoms with Crippen LogP contribution >= 0.6 is 11.6 Å². The van der Waals surface area contributed by atoms with Crippen molar-refractivity contribution in [2.24, 2.45) is 0 Å². The van der Waals surface area contributed by atoms with E-state index in [0.717, 1.165) is 25.1 Å². The number of halogens is 1. The predicted octanol–water partition coefficient (Wildman–Crippen LogP) is 2.31. The van der Waals surface area contributed by atoms with Crippen molar-refractivity contribution in [2.75, 3.05) is 26.3 Å². The van der Waals surface area contributed by atoms with Gasteiger partial charge in [0.1, 0.15) is 0 Å². The van der Waals surface area contributed by atoms with Crippen LogP contribution in [0.25, 0.3) is 0 Å². The fourth-order valence-electron chi connectivity index (χ4n) is 1.96. The molecule has 0 radical (unpaired) electrons. The van der Waals surface area contributed by atoms with Gasteiger partial charge in [0.15, 0.2) is 0 Å². The van der Waals surface area contributed by atoms with Crippen molar-refractivity contribution < 1.29 is 9.84 Å². The van der Waals surface area contributed by atoms with Crippen molar-refractivity contribution in [1.82, 2.24) is 5.32 Å². The molecule has 1 aromatic rings. The Labute approximate surface area is 112 Å². The SMILES string of the molecule is OC(CNCC1=CCCOC1)c1ccccc1Cl. The Balaban J connectivity index is 1.80. The summed E-state index contributed by atoms with van der Waals surface area (Å²) in [5.74, 6) is 0. The normalized spacial score (nSPS) is 17.3. The largest absolute Gasteiger partial charge is 0.387 e. The van der Waals surface area contributed by atoms with E-state index in [4.69, 9.17) is 16.3 Å². The number of benzene rings is 1. The van der Waals surface area contributed by atoms with E-state index in [1.807, 2.05) is 18.2 Å². The molecule has 0 fully saturated rings. The second-order valence-corrected chi connectivity index (χ2v) is 4.78. The minimum Gasteiger partial charge on any atom is -0.387 e. The lowest BCUT2D eigenvalue weighted by atomic mass is 10.1. The van der Waals surface area contributed by atoms with Gasteiger partial charge in [-0.2, -0.15) is 0 Å². The molecule has 3 nitrogen and oxygen atoms in total. The Bertz CT molecular complexity index is 420. The lowest BCUT2D eigenvalue weighted by Crippen LogP contribution is -2.26. The fraction of sp³-hybridized carbons (Fsp3) is 0.429. The zero-order chi connectivity index (χ0) is 12.8. The van der Waals surface area contributed by atoms with Crippen LogP contribution in [0.15, 0.2) is 35.9 Å². The van der Waals surface area contributed by atoms with Crippen molar-refractivity contribution >= 4 is 11.6 Å². The molecule has 18 heavy (non-hydrogen) atoms. The molecule has 1 aliphatic heterocycles. The van der Waals surface area contributed by atoms with Crippen LogP contribution in [0.1, 0.15) is 18.1 Å². The lowest BCUT2D eigenvalue weighted by Gasteiger charge is -2.17. The van der Waals surface area contributed by atoms with Crippen molar-refractivity contribution in [1.29, 1.82) is 0 Å². The standard InChI is InChI=1S/C14H18ClNO2/c15-13-6-2-1-5-12(13)14(17)9-16-8-11-4-3-7-18-10-11/h1-2,4-6,14,16-17H,3,7-10H2. The predicted molar refractivity (Wildman–Crippen MR) is 72.8 cm³/mol. The van der Waals surface area contributed by atoms with E-state index in [-0.39, 0.29) is 0 Å². The van der Waals surface area contributed by atoms with E-state index in [9.17, 15) is 5.11 Å². The second-order valence-electron chi connectivity index (χ2n) is 4.37. The third-order valence-electron chi connectivity index (χ3n) is 2.94. The average Bonchev–Trinajstić information content (AvgIpc) is 2.40. The van der Waals surface area contributed by atoms with Gasteiger partial charge in [-0.25, -0.2) is 0 Å². The summed E-state index contributed by atoms with van der Waals surface area (Å²) >= 11 is 6.03.